The third kappa shape index (κ3) is 5.50. The number of non-ortho nitro benzene ring substituents is 1. The first-order valence-electron chi connectivity index (χ1n) is 10.5. The molecule has 0 unspecified atom stereocenters. The molecule has 3 aromatic carbocycles. The Labute approximate surface area is 210 Å². The quantitative estimate of drug-likeness (QED) is 0.156. The van der Waals surface area contributed by atoms with Crippen molar-refractivity contribution in [2.24, 2.45) is 0 Å². The molecule has 1 amide bonds. The van der Waals surface area contributed by atoms with Crippen molar-refractivity contribution < 1.29 is 23.6 Å². The van der Waals surface area contributed by atoms with Crippen LogP contribution in [-0.2, 0) is 11.4 Å². The Morgan fingerprint density at radius 3 is 2.63 bits per heavy atom. The minimum Gasteiger partial charge on any atom is -0.490 e. The number of nitrogens with zero attached hydrogens (tertiary/aromatic N) is 2. The van der Waals surface area contributed by atoms with Crippen molar-refractivity contribution in [1.82, 2.24) is 0 Å². The number of hydrogen-bond donors (Lipinski definition) is 0. The predicted molar refractivity (Wildman–Crippen MR) is 137 cm³/mol. The van der Waals surface area contributed by atoms with Gasteiger partial charge in [-0.2, -0.15) is 0 Å². The number of rotatable bonds is 8. The van der Waals surface area contributed by atoms with Gasteiger partial charge in [0.1, 0.15) is 12.4 Å². The van der Waals surface area contributed by atoms with E-state index in [9.17, 15) is 19.3 Å². The molecule has 1 aliphatic rings. The fourth-order valence-corrected chi connectivity index (χ4v) is 4.67. The number of hydrogen-bond acceptors (Lipinski definition) is 7. The van der Waals surface area contributed by atoms with Crippen LogP contribution in [0.15, 0.2) is 71.6 Å². The van der Waals surface area contributed by atoms with Crippen LogP contribution in [0, 0.1) is 15.9 Å². The number of nitro groups is 1. The molecule has 178 valence electrons. The van der Waals surface area contributed by atoms with E-state index >= 15 is 0 Å². The molecule has 7 nitrogen and oxygen atoms in total. The van der Waals surface area contributed by atoms with Crippen LogP contribution in [-0.4, -0.2) is 21.8 Å². The van der Waals surface area contributed by atoms with Crippen LogP contribution in [0.25, 0.3) is 6.08 Å². The Morgan fingerprint density at radius 1 is 1.09 bits per heavy atom. The second-order valence-electron chi connectivity index (χ2n) is 7.32. The van der Waals surface area contributed by atoms with Crippen molar-refractivity contribution in [3.05, 3.63) is 98.7 Å². The molecular weight excluding hydrogens is 491 g/mol. The molecule has 0 atom stereocenters. The van der Waals surface area contributed by atoms with Crippen LogP contribution in [0.3, 0.4) is 0 Å². The van der Waals surface area contributed by atoms with Crippen LogP contribution < -0.4 is 14.4 Å². The summed E-state index contributed by atoms with van der Waals surface area (Å²) in [6.07, 6.45) is 1.66. The van der Waals surface area contributed by atoms with Crippen molar-refractivity contribution in [3.63, 3.8) is 0 Å². The first-order valence-corrected chi connectivity index (χ1v) is 11.8. The van der Waals surface area contributed by atoms with Crippen molar-refractivity contribution >= 4 is 51.7 Å². The molecule has 4 rings (SSSR count). The van der Waals surface area contributed by atoms with E-state index < -0.39 is 16.6 Å². The van der Waals surface area contributed by atoms with Gasteiger partial charge in [-0.05, 0) is 48.4 Å². The Balaban J connectivity index is 1.55. The number of thiocarbonyl (C=S) groups is 1. The standard InChI is InChI=1S/C25H19FN2O5S2/c1-2-32-22-13-16(10-11-21(22)33-15-17-6-5-7-18(12-17)28(30)31)14-23-24(29)27(25(34)35-23)20-9-4-3-8-19(20)26/h3-14H,2,15H2,1H3/b23-14-. The first-order chi connectivity index (χ1) is 16.9. The lowest BCUT2D eigenvalue weighted by Gasteiger charge is -2.15. The summed E-state index contributed by atoms with van der Waals surface area (Å²) in [5.41, 5.74) is 1.41. The van der Waals surface area contributed by atoms with Gasteiger partial charge in [-0.25, -0.2) is 4.39 Å². The van der Waals surface area contributed by atoms with Gasteiger partial charge in [0.25, 0.3) is 11.6 Å². The van der Waals surface area contributed by atoms with E-state index in [4.69, 9.17) is 21.7 Å². The monoisotopic (exact) mass is 510 g/mol. The number of ether oxygens (including phenoxy) is 2. The van der Waals surface area contributed by atoms with Crippen molar-refractivity contribution in [1.29, 1.82) is 0 Å². The summed E-state index contributed by atoms with van der Waals surface area (Å²) >= 11 is 6.41. The average Bonchev–Trinajstić information content (AvgIpc) is 3.11. The Morgan fingerprint density at radius 2 is 1.89 bits per heavy atom. The number of benzene rings is 3. The van der Waals surface area contributed by atoms with E-state index in [0.29, 0.717) is 34.1 Å². The van der Waals surface area contributed by atoms with Gasteiger partial charge in [0.05, 0.1) is 22.1 Å². The third-order valence-corrected chi connectivity index (χ3v) is 6.27. The summed E-state index contributed by atoms with van der Waals surface area (Å²) in [5, 5.41) is 11.0. The summed E-state index contributed by atoms with van der Waals surface area (Å²) in [6, 6.07) is 17.3. The number of carbonyl (C=O) groups excluding carboxylic acids is 1. The zero-order valence-corrected chi connectivity index (χ0v) is 20.1. The van der Waals surface area contributed by atoms with Gasteiger partial charge in [0.15, 0.2) is 15.8 Å². The average molecular weight is 511 g/mol. The number of amides is 1. The lowest BCUT2D eigenvalue weighted by molar-refractivity contribution is -0.384. The molecule has 0 saturated carbocycles. The normalized spacial score (nSPS) is 14.5. The SMILES string of the molecule is CCOc1cc(/C=C2\SC(=S)N(c3ccccc3F)C2=O)ccc1OCc1cccc([N+](=O)[O-])c1. The third-order valence-electron chi connectivity index (χ3n) is 4.97. The van der Waals surface area contributed by atoms with Gasteiger partial charge in [0.2, 0.25) is 0 Å². The van der Waals surface area contributed by atoms with Crippen LogP contribution in [0.2, 0.25) is 0 Å². The fourth-order valence-electron chi connectivity index (χ4n) is 3.38. The van der Waals surface area contributed by atoms with Gasteiger partial charge in [-0.3, -0.25) is 19.8 Å². The molecule has 3 aromatic rings. The highest BCUT2D eigenvalue weighted by Gasteiger charge is 2.34. The number of para-hydroxylation sites is 1. The largest absolute Gasteiger partial charge is 0.490 e. The Kier molecular flexibility index (Phi) is 7.42. The van der Waals surface area contributed by atoms with Crippen LogP contribution in [0.4, 0.5) is 15.8 Å². The number of anilines is 1. The molecule has 0 bridgehead atoms. The van der Waals surface area contributed by atoms with Crippen molar-refractivity contribution in [2.45, 2.75) is 13.5 Å². The first kappa shape index (κ1) is 24.4. The predicted octanol–water partition coefficient (Wildman–Crippen LogP) is 6.12. The molecule has 10 heteroatoms. The maximum Gasteiger partial charge on any atom is 0.270 e. The molecular formula is C25H19FN2O5S2. The van der Waals surface area contributed by atoms with Gasteiger partial charge in [-0.15, -0.1) is 0 Å². The summed E-state index contributed by atoms with van der Waals surface area (Å²) in [5.74, 6) is -0.0336. The molecule has 1 aliphatic heterocycles. The van der Waals surface area contributed by atoms with Crippen LogP contribution in [0.5, 0.6) is 11.5 Å². The van der Waals surface area contributed by atoms with Crippen LogP contribution >= 0.6 is 24.0 Å². The second kappa shape index (κ2) is 10.7. The van der Waals surface area contributed by atoms with E-state index in [1.807, 2.05) is 6.92 Å². The smallest absolute Gasteiger partial charge is 0.270 e. The van der Waals surface area contributed by atoms with Crippen molar-refractivity contribution in [2.75, 3.05) is 11.5 Å². The molecule has 0 aliphatic carbocycles. The second-order valence-corrected chi connectivity index (χ2v) is 9.00. The van der Waals surface area contributed by atoms with E-state index in [0.717, 1.165) is 11.8 Å². The Hall–Kier alpha value is -3.76. The molecule has 0 spiro atoms. The minimum absolute atomic E-state index is 0.0147. The van der Waals surface area contributed by atoms with E-state index in [2.05, 4.69) is 0 Å². The number of nitro benzene ring substituents is 1. The summed E-state index contributed by atoms with van der Waals surface area (Å²) in [4.78, 5) is 25.0. The maximum absolute atomic E-state index is 14.2. The topological polar surface area (TPSA) is 81.9 Å². The lowest BCUT2D eigenvalue weighted by atomic mass is 10.1. The molecule has 1 saturated heterocycles. The molecule has 1 heterocycles. The van der Waals surface area contributed by atoms with Gasteiger partial charge in [0, 0.05) is 12.1 Å². The molecule has 35 heavy (non-hydrogen) atoms. The van der Waals surface area contributed by atoms with E-state index in [1.165, 1.54) is 29.2 Å². The highest BCUT2D eigenvalue weighted by Crippen LogP contribution is 2.38. The summed E-state index contributed by atoms with van der Waals surface area (Å²) in [7, 11) is 0. The zero-order valence-electron chi connectivity index (χ0n) is 18.5. The van der Waals surface area contributed by atoms with Crippen LogP contribution in [0.1, 0.15) is 18.1 Å². The zero-order chi connectivity index (χ0) is 24.9. The highest BCUT2D eigenvalue weighted by atomic mass is 32.2. The molecule has 0 N–H and O–H groups in total. The van der Waals surface area contributed by atoms with Gasteiger partial charge >= 0.3 is 0 Å². The molecule has 0 aromatic heterocycles. The highest BCUT2D eigenvalue weighted by molar-refractivity contribution is 8.27. The maximum atomic E-state index is 14.2. The van der Waals surface area contributed by atoms with Gasteiger partial charge in [-0.1, -0.05) is 54.3 Å². The Bertz CT molecular complexity index is 1340. The fraction of sp³-hybridized carbons (Fsp3) is 0.120. The number of halogens is 1. The summed E-state index contributed by atoms with van der Waals surface area (Å²) in [6.45, 7) is 2.32. The van der Waals surface area contributed by atoms with Gasteiger partial charge < -0.3 is 9.47 Å². The molecule has 1 fully saturated rings. The number of carbonyl (C=O) groups is 1. The lowest BCUT2D eigenvalue weighted by Crippen LogP contribution is -2.28. The number of thioether (sulfide) groups is 1. The van der Waals surface area contributed by atoms with Crippen molar-refractivity contribution in [3.8, 4) is 11.5 Å². The van der Waals surface area contributed by atoms with E-state index in [1.54, 1.807) is 48.5 Å². The summed E-state index contributed by atoms with van der Waals surface area (Å²) < 4.78 is 26.0. The minimum atomic E-state index is -0.533. The molecule has 0 radical (unpaired) electrons. The van der Waals surface area contributed by atoms with E-state index in [-0.39, 0.29) is 22.3 Å².